The van der Waals surface area contributed by atoms with E-state index in [2.05, 4.69) is 16.3 Å². The molecule has 1 nitrogen and oxygen atoms in total. The smallest absolute Gasteiger partial charge is 0.269 e. The molecule has 0 aromatic heterocycles. The van der Waals surface area contributed by atoms with Crippen LogP contribution >= 0.6 is 11.6 Å². The van der Waals surface area contributed by atoms with Gasteiger partial charge in [-0.1, -0.05) is 11.6 Å². The maximum Gasteiger partial charge on any atom is 0.428 e. The molecule has 13 heavy (non-hydrogen) atoms. The third-order valence-corrected chi connectivity index (χ3v) is 0.918. The second-order valence-electron chi connectivity index (χ2n) is 1.84. The molecule has 0 N–H and O–H groups in total. The van der Waals surface area contributed by atoms with Crippen LogP contribution in [0.3, 0.4) is 0 Å². The number of alkyl halides is 8. The third kappa shape index (κ3) is 3.99. The highest BCUT2D eigenvalue weighted by Gasteiger charge is 2.59. The van der Waals surface area contributed by atoms with Crippen LogP contribution in [0.5, 0.6) is 0 Å². The molecule has 0 saturated carbocycles. The van der Waals surface area contributed by atoms with E-state index in [-0.39, 0.29) is 0 Å². The minimum Gasteiger partial charge on any atom is -0.269 e. The maximum atomic E-state index is 11.9. The Kier molecular flexibility index (Phi) is 3.80. The van der Waals surface area contributed by atoms with E-state index in [9.17, 15) is 30.7 Å². The number of hydrogen-bond acceptors (Lipinski definition) is 1. The number of hydrogen-bond donors (Lipinski definition) is 0. The van der Waals surface area contributed by atoms with Crippen LogP contribution in [0.15, 0.2) is 0 Å². The van der Waals surface area contributed by atoms with Crippen molar-refractivity contribution in [3.8, 4) is 0 Å². The van der Waals surface area contributed by atoms with Gasteiger partial charge in [-0.15, -0.1) is 0 Å². The van der Waals surface area contributed by atoms with Crippen molar-refractivity contribution in [2.75, 3.05) is 0 Å². The molecule has 0 aliphatic heterocycles. The lowest BCUT2D eigenvalue weighted by Crippen LogP contribution is -2.44. The molecule has 0 spiro atoms. The van der Waals surface area contributed by atoms with Gasteiger partial charge in [-0.2, -0.15) is 26.3 Å². The first-order valence-corrected chi connectivity index (χ1v) is 3.05. The summed E-state index contributed by atoms with van der Waals surface area (Å²) >= 11 is 4.15. The van der Waals surface area contributed by atoms with Gasteiger partial charge in [0.25, 0.3) is 12.0 Å². The van der Waals surface area contributed by atoms with Gasteiger partial charge in [-0.05, 0) is 0 Å². The zero-order chi connectivity index (χ0) is 10.9. The molecule has 0 bridgehead atoms. The van der Waals surface area contributed by atoms with Gasteiger partial charge in [0.1, 0.15) is 0 Å². The van der Waals surface area contributed by atoms with Crippen molar-refractivity contribution in [2.24, 2.45) is 0 Å². The second-order valence-corrected chi connectivity index (χ2v) is 2.19. The lowest BCUT2D eigenvalue weighted by atomic mass is 10.3. The van der Waals surface area contributed by atoms with E-state index in [0.29, 0.717) is 0 Å². The molecule has 0 unspecified atom stereocenters. The van der Waals surface area contributed by atoms with Crippen LogP contribution in [0.4, 0.5) is 30.7 Å². The van der Waals surface area contributed by atoms with Crippen molar-refractivity contribution in [1.29, 1.82) is 0 Å². The van der Waals surface area contributed by atoms with E-state index in [1.807, 2.05) is 0 Å². The fourth-order valence-corrected chi connectivity index (χ4v) is 0.488. The second kappa shape index (κ2) is 3.87. The van der Waals surface area contributed by atoms with Crippen LogP contribution < -0.4 is 0 Å². The molecular formula is C4H2ClF7O. The molecule has 0 amide bonds. The van der Waals surface area contributed by atoms with Crippen molar-refractivity contribution < 1.29 is 35.5 Å². The van der Waals surface area contributed by atoms with Crippen LogP contribution in [-0.4, -0.2) is 24.3 Å². The fraction of sp³-hybridized carbons (Fsp3) is 1.00. The van der Waals surface area contributed by atoms with Gasteiger partial charge in [0.2, 0.25) is 0 Å². The molecule has 2 atom stereocenters. The first kappa shape index (κ1) is 12.8. The Labute approximate surface area is 72.4 Å². The lowest BCUT2D eigenvalue weighted by molar-refractivity contribution is -0.350. The Morgan fingerprint density at radius 3 is 1.62 bits per heavy atom. The van der Waals surface area contributed by atoms with Crippen LogP contribution in [0.1, 0.15) is 0 Å². The molecule has 0 fully saturated rings. The van der Waals surface area contributed by atoms with Gasteiger partial charge in [-0.3, -0.25) is 4.74 Å². The zero-order valence-electron chi connectivity index (χ0n) is 5.59. The number of rotatable bonds is 3. The van der Waals surface area contributed by atoms with Crippen LogP contribution in [0.2, 0.25) is 0 Å². The van der Waals surface area contributed by atoms with Gasteiger partial charge in [0, 0.05) is 0 Å². The summed E-state index contributed by atoms with van der Waals surface area (Å²) in [5, 5.41) is 0. The summed E-state index contributed by atoms with van der Waals surface area (Å²) in [6.45, 7) is 0. The Balaban J connectivity index is 4.45. The van der Waals surface area contributed by atoms with Crippen molar-refractivity contribution in [3.63, 3.8) is 0 Å². The average molecular weight is 234 g/mol. The third-order valence-electron chi connectivity index (χ3n) is 0.829. The van der Waals surface area contributed by atoms with Gasteiger partial charge >= 0.3 is 12.3 Å². The normalized spacial score (nSPS) is 18.5. The summed E-state index contributed by atoms with van der Waals surface area (Å²) < 4.78 is 83.6. The van der Waals surface area contributed by atoms with Crippen molar-refractivity contribution in [1.82, 2.24) is 0 Å². The molecule has 9 heteroatoms. The average Bonchev–Trinajstić information content (AvgIpc) is 1.80. The molecule has 0 aliphatic carbocycles. The van der Waals surface area contributed by atoms with E-state index in [1.165, 1.54) is 0 Å². The molecular weight excluding hydrogens is 232 g/mol. The van der Waals surface area contributed by atoms with E-state index >= 15 is 0 Å². The van der Waals surface area contributed by atoms with Crippen LogP contribution in [-0.2, 0) is 4.74 Å². The highest BCUT2D eigenvalue weighted by atomic mass is 35.5. The Hall–Kier alpha value is -0.240. The quantitative estimate of drug-likeness (QED) is 0.539. The zero-order valence-corrected chi connectivity index (χ0v) is 6.34. The largest absolute Gasteiger partial charge is 0.428 e. The van der Waals surface area contributed by atoms with E-state index in [0.717, 1.165) is 0 Å². The molecule has 0 radical (unpaired) electrons. The minimum atomic E-state index is -5.84. The highest BCUT2D eigenvalue weighted by molar-refractivity contribution is 6.18. The standard InChI is InChI=1S/C4H2ClF7O/c5-2(7)13-4(11,12)1(6)3(8,9)10/h1-2H/t1-,2+/m1/s1. The Morgan fingerprint density at radius 1 is 1.00 bits per heavy atom. The Bertz CT molecular complexity index is 166. The highest BCUT2D eigenvalue weighted by Crippen LogP contribution is 2.36. The number of halogens is 8. The molecule has 0 aromatic rings. The van der Waals surface area contributed by atoms with Gasteiger partial charge < -0.3 is 0 Å². The SMILES string of the molecule is F[C@H](Cl)OC(F)(F)[C@H](F)C(F)(F)F. The van der Waals surface area contributed by atoms with Crippen molar-refractivity contribution in [2.45, 2.75) is 24.3 Å². The summed E-state index contributed by atoms with van der Waals surface area (Å²) in [6.07, 6.45) is -15.8. The van der Waals surface area contributed by atoms with Gasteiger partial charge in [0.05, 0.1) is 0 Å². The number of ether oxygens (including phenoxy) is 1. The van der Waals surface area contributed by atoms with Crippen molar-refractivity contribution >= 4 is 11.6 Å². The monoisotopic (exact) mass is 234 g/mol. The summed E-state index contributed by atoms with van der Waals surface area (Å²) in [5.41, 5.74) is 0. The molecule has 0 aliphatic rings. The lowest BCUT2D eigenvalue weighted by Gasteiger charge is -2.22. The molecule has 0 heterocycles. The molecule has 0 rings (SSSR count). The van der Waals surface area contributed by atoms with Crippen LogP contribution in [0.25, 0.3) is 0 Å². The summed E-state index contributed by atoms with van der Waals surface area (Å²) in [7, 11) is 0. The minimum absolute atomic E-state index is 2.60. The molecule has 80 valence electrons. The first-order chi connectivity index (χ1) is 5.57. The molecule has 0 saturated heterocycles. The van der Waals surface area contributed by atoms with Gasteiger partial charge in [-0.25, -0.2) is 4.39 Å². The first-order valence-electron chi connectivity index (χ1n) is 2.62. The van der Waals surface area contributed by atoms with Crippen molar-refractivity contribution in [3.05, 3.63) is 0 Å². The van der Waals surface area contributed by atoms with Crippen LogP contribution in [0, 0.1) is 0 Å². The van der Waals surface area contributed by atoms with E-state index < -0.39 is 24.3 Å². The van der Waals surface area contributed by atoms with Gasteiger partial charge in [0.15, 0.2) is 0 Å². The Morgan fingerprint density at radius 2 is 1.38 bits per heavy atom. The summed E-state index contributed by atoms with van der Waals surface area (Å²) in [6, 6.07) is 0. The predicted octanol–water partition coefficient (Wildman–Crippen LogP) is 2.99. The fourth-order valence-electron chi connectivity index (χ4n) is 0.369. The predicted molar refractivity (Wildman–Crippen MR) is 27.7 cm³/mol. The van der Waals surface area contributed by atoms with E-state index in [4.69, 9.17) is 0 Å². The topological polar surface area (TPSA) is 9.23 Å². The maximum absolute atomic E-state index is 11.9. The molecule has 0 aromatic carbocycles. The summed E-state index contributed by atoms with van der Waals surface area (Å²) in [5.74, 6) is -3.21. The van der Waals surface area contributed by atoms with E-state index in [1.54, 1.807) is 0 Å². The summed E-state index contributed by atoms with van der Waals surface area (Å²) in [4.78, 5) is 0.